The standard InChI is InChI=1S/C18H14N2OS/c21-15-8-6-14(7-9-15)17-18-16(10-11-22-18)20(19-17)12-13-4-2-1-3-5-13/h1-11,21H,12H2. The molecule has 22 heavy (non-hydrogen) atoms. The second kappa shape index (κ2) is 5.31. The van der Waals surface area contributed by atoms with Gasteiger partial charge in [-0.3, -0.25) is 4.68 Å². The minimum Gasteiger partial charge on any atom is -0.508 e. The zero-order valence-electron chi connectivity index (χ0n) is 11.8. The van der Waals surface area contributed by atoms with Crippen LogP contribution >= 0.6 is 11.3 Å². The van der Waals surface area contributed by atoms with Crippen LogP contribution in [0.1, 0.15) is 5.56 Å². The Hall–Kier alpha value is -2.59. The molecule has 4 rings (SSSR count). The zero-order chi connectivity index (χ0) is 14.9. The van der Waals surface area contributed by atoms with Crippen molar-refractivity contribution < 1.29 is 5.11 Å². The van der Waals surface area contributed by atoms with E-state index in [0.29, 0.717) is 0 Å². The zero-order valence-corrected chi connectivity index (χ0v) is 12.6. The van der Waals surface area contributed by atoms with E-state index in [-0.39, 0.29) is 5.75 Å². The molecular weight excluding hydrogens is 292 g/mol. The Morgan fingerprint density at radius 3 is 2.50 bits per heavy atom. The van der Waals surface area contributed by atoms with Gasteiger partial charge >= 0.3 is 0 Å². The van der Waals surface area contributed by atoms with E-state index in [0.717, 1.165) is 23.3 Å². The summed E-state index contributed by atoms with van der Waals surface area (Å²) in [4.78, 5) is 0. The van der Waals surface area contributed by atoms with Crippen molar-refractivity contribution in [2.24, 2.45) is 0 Å². The molecule has 3 nitrogen and oxygen atoms in total. The van der Waals surface area contributed by atoms with Crippen LogP contribution in [0.15, 0.2) is 66.0 Å². The van der Waals surface area contributed by atoms with Gasteiger partial charge in [0, 0.05) is 5.56 Å². The lowest BCUT2D eigenvalue weighted by Crippen LogP contribution is -2.01. The maximum atomic E-state index is 9.45. The lowest BCUT2D eigenvalue weighted by Gasteiger charge is -2.02. The fourth-order valence-corrected chi connectivity index (χ4v) is 3.49. The van der Waals surface area contributed by atoms with Gasteiger partial charge < -0.3 is 5.11 Å². The highest BCUT2D eigenvalue weighted by atomic mass is 32.1. The number of aromatic hydroxyl groups is 1. The minimum atomic E-state index is 0.273. The molecule has 0 bridgehead atoms. The van der Waals surface area contributed by atoms with Crippen molar-refractivity contribution in [3.63, 3.8) is 0 Å². The van der Waals surface area contributed by atoms with E-state index in [4.69, 9.17) is 5.10 Å². The molecule has 0 atom stereocenters. The van der Waals surface area contributed by atoms with Crippen molar-refractivity contribution in [2.45, 2.75) is 6.54 Å². The van der Waals surface area contributed by atoms with Gasteiger partial charge in [0.05, 0.1) is 16.8 Å². The molecule has 0 saturated carbocycles. The van der Waals surface area contributed by atoms with Crippen molar-refractivity contribution in [1.29, 1.82) is 0 Å². The summed E-state index contributed by atoms with van der Waals surface area (Å²) in [6.45, 7) is 0.756. The molecule has 0 aliphatic carbocycles. The lowest BCUT2D eigenvalue weighted by molar-refractivity contribution is 0.475. The molecule has 0 spiro atoms. The topological polar surface area (TPSA) is 38.1 Å². The first-order valence-electron chi connectivity index (χ1n) is 7.08. The van der Waals surface area contributed by atoms with Gasteiger partial charge in [-0.15, -0.1) is 11.3 Å². The number of rotatable bonds is 3. The second-order valence-corrected chi connectivity index (χ2v) is 6.09. The Balaban J connectivity index is 1.81. The van der Waals surface area contributed by atoms with Crippen molar-refractivity contribution in [3.05, 3.63) is 71.6 Å². The predicted molar refractivity (Wildman–Crippen MR) is 90.3 cm³/mol. The molecule has 0 aliphatic rings. The van der Waals surface area contributed by atoms with Crippen LogP contribution in [0, 0.1) is 0 Å². The molecule has 4 heteroatoms. The van der Waals surface area contributed by atoms with Crippen LogP contribution in [0.2, 0.25) is 0 Å². The first-order chi connectivity index (χ1) is 10.8. The number of fused-ring (bicyclic) bond motifs is 1. The van der Waals surface area contributed by atoms with Crippen molar-refractivity contribution in [3.8, 4) is 17.0 Å². The fraction of sp³-hybridized carbons (Fsp3) is 0.0556. The third-order valence-corrected chi connectivity index (χ3v) is 4.58. The van der Waals surface area contributed by atoms with Gasteiger partial charge in [-0.25, -0.2) is 0 Å². The molecular formula is C18H14N2OS. The van der Waals surface area contributed by atoms with E-state index in [2.05, 4.69) is 23.6 Å². The van der Waals surface area contributed by atoms with E-state index in [1.807, 2.05) is 35.0 Å². The normalized spacial score (nSPS) is 11.1. The molecule has 0 aliphatic heterocycles. The number of thiophene rings is 1. The maximum Gasteiger partial charge on any atom is 0.115 e. The van der Waals surface area contributed by atoms with E-state index in [1.165, 1.54) is 10.3 Å². The molecule has 0 saturated heterocycles. The first kappa shape index (κ1) is 13.1. The highest BCUT2D eigenvalue weighted by molar-refractivity contribution is 7.17. The number of aromatic nitrogens is 2. The Bertz CT molecular complexity index is 907. The Morgan fingerprint density at radius 2 is 1.73 bits per heavy atom. The summed E-state index contributed by atoms with van der Waals surface area (Å²) in [7, 11) is 0. The van der Waals surface area contributed by atoms with E-state index in [9.17, 15) is 5.11 Å². The molecule has 2 aromatic carbocycles. The van der Waals surface area contributed by atoms with Crippen LogP contribution in [-0.4, -0.2) is 14.9 Å². The molecule has 0 unspecified atom stereocenters. The number of nitrogens with zero attached hydrogens (tertiary/aromatic N) is 2. The van der Waals surface area contributed by atoms with Crippen molar-refractivity contribution in [1.82, 2.24) is 9.78 Å². The molecule has 0 radical (unpaired) electrons. The Morgan fingerprint density at radius 1 is 0.955 bits per heavy atom. The monoisotopic (exact) mass is 306 g/mol. The summed E-state index contributed by atoms with van der Waals surface area (Å²) >= 11 is 1.70. The molecule has 108 valence electrons. The van der Waals surface area contributed by atoms with Gasteiger partial charge in [0.25, 0.3) is 0 Å². The molecule has 4 aromatic rings. The van der Waals surface area contributed by atoms with Crippen LogP contribution in [0.3, 0.4) is 0 Å². The van der Waals surface area contributed by atoms with E-state index < -0.39 is 0 Å². The number of hydrogen-bond acceptors (Lipinski definition) is 3. The quantitative estimate of drug-likeness (QED) is 0.604. The molecule has 1 N–H and O–H groups in total. The highest BCUT2D eigenvalue weighted by Crippen LogP contribution is 2.33. The summed E-state index contributed by atoms with van der Waals surface area (Å²) in [5.74, 6) is 0.273. The van der Waals surface area contributed by atoms with Crippen LogP contribution < -0.4 is 0 Å². The maximum absolute atomic E-state index is 9.45. The predicted octanol–water partition coefficient (Wildman–Crippen LogP) is 4.52. The molecule has 0 fully saturated rings. The number of phenolic OH excluding ortho intramolecular Hbond substituents is 1. The summed E-state index contributed by atoms with van der Waals surface area (Å²) in [5, 5.41) is 16.3. The van der Waals surface area contributed by atoms with Gasteiger partial charge in [-0.2, -0.15) is 5.10 Å². The van der Waals surface area contributed by atoms with Gasteiger partial charge in [0.1, 0.15) is 11.4 Å². The average molecular weight is 306 g/mol. The SMILES string of the molecule is Oc1ccc(-c2nn(Cc3ccccc3)c3ccsc23)cc1. The molecule has 2 aromatic heterocycles. The Labute approximate surface area is 132 Å². The smallest absolute Gasteiger partial charge is 0.115 e. The third kappa shape index (κ3) is 2.27. The molecule has 0 amide bonds. The van der Waals surface area contributed by atoms with Gasteiger partial charge in [0.15, 0.2) is 0 Å². The number of phenols is 1. The van der Waals surface area contributed by atoms with Crippen LogP contribution in [0.4, 0.5) is 0 Å². The third-order valence-electron chi connectivity index (χ3n) is 3.67. The molecule has 2 heterocycles. The summed E-state index contributed by atoms with van der Waals surface area (Å²) in [6.07, 6.45) is 0. The van der Waals surface area contributed by atoms with E-state index in [1.54, 1.807) is 23.5 Å². The Kier molecular flexibility index (Phi) is 3.16. The van der Waals surface area contributed by atoms with Crippen LogP contribution in [0.5, 0.6) is 5.75 Å². The fourth-order valence-electron chi connectivity index (χ4n) is 2.59. The van der Waals surface area contributed by atoms with Gasteiger partial charge in [-0.05, 0) is 41.3 Å². The van der Waals surface area contributed by atoms with Crippen molar-refractivity contribution >= 4 is 21.6 Å². The number of benzene rings is 2. The summed E-state index contributed by atoms with van der Waals surface area (Å²) in [6, 6.07) is 19.7. The van der Waals surface area contributed by atoms with Gasteiger partial charge in [-0.1, -0.05) is 30.3 Å². The minimum absolute atomic E-state index is 0.273. The van der Waals surface area contributed by atoms with Crippen LogP contribution in [-0.2, 0) is 6.54 Å². The largest absolute Gasteiger partial charge is 0.508 e. The lowest BCUT2D eigenvalue weighted by atomic mass is 10.1. The first-order valence-corrected chi connectivity index (χ1v) is 7.96. The van der Waals surface area contributed by atoms with Crippen LogP contribution in [0.25, 0.3) is 21.5 Å². The van der Waals surface area contributed by atoms with Crippen molar-refractivity contribution in [2.75, 3.05) is 0 Å². The summed E-state index contributed by atoms with van der Waals surface area (Å²) < 4.78 is 3.23. The number of hydrogen-bond donors (Lipinski definition) is 1. The highest BCUT2D eigenvalue weighted by Gasteiger charge is 2.13. The summed E-state index contributed by atoms with van der Waals surface area (Å²) in [5.41, 5.74) is 4.38. The van der Waals surface area contributed by atoms with Gasteiger partial charge in [0.2, 0.25) is 0 Å². The second-order valence-electron chi connectivity index (χ2n) is 5.17. The van der Waals surface area contributed by atoms with E-state index >= 15 is 0 Å². The average Bonchev–Trinajstić information content (AvgIpc) is 3.13.